The van der Waals surface area contributed by atoms with E-state index in [1.807, 2.05) is 66.9 Å². The maximum Gasteiger partial charge on any atom is 0.338 e. The number of ether oxygens (including phenoxy) is 1. The summed E-state index contributed by atoms with van der Waals surface area (Å²) in [6.45, 7) is 3.81. The highest BCUT2D eigenvalue weighted by molar-refractivity contribution is 7.07. The van der Waals surface area contributed by atoms with Crippen LogP contribution >= 0.6 is 11.3 Å². The van der Waals surface area contributed by atoms with Crippen LogP contribution < -0.4 is 14.9 Å². The number of carbonyl (C=O) groups is 1. The lowest BCUT2D eigenvalue weighted by molar-refractivity contribution is -0.139. The highest BCUT2D eigenvalue weighted by Crippen LogP contribution is 2.30. The van der Waals surface area contributed by atoms with Gasteiger partial charge in [0.2, 0.25) is 0 Å². The Bertz CT molecular complexity index is 1540. The van der Waals surface area contributed by atoms with Gasteiger partial charge in [-0.05, 0) is 31.6 Å². The molecule has 32 heavy (non-hydrogen) atoms. The summed E-state index contributed by atoms with van der Waals surface area (Å²) in [4.78, 5) is 34.9. The van der Waals surface area contributed by atoms with E-state index in [1.54, 1.807) is 18.4 Å². The maximum atomic E-state index is 13.6. The molecular formula is C25H21N3O3S. The van der Waals surface area contributed by atoms with Crippen LogP contribution in [0.15, 0.2) is 81.9 Å². The lowest BCUT2D eigenvalue weighted by Gasteiger charge is -2.24. The Morgan fingerprint density at radius 1 is 1.19 bits per heavy atom. The number of nitrogens with zero attached hydrogens (tertiary/aromatic N) is 2. The summed E-state index contributed by atoms with van der Waals surface area (Å²) in [5, 5.41) is 1.04. The van der Waals surface area contributed by atoms with Gasteiger partial charge in [-0.3, -0.25) is 9.36 Å². The molecule has 0 aliphatic carbocycles. The van der Waals surface area contributed by atoms with E-state index in [1.165, 1.54) is 11.3 Å². The van der Waals surface area contributed by atoms with Gasteiger partial charge in [0.15, 0.2) is 4.80 Å². The molecule has 160 valence electrons. The summed E-state index contributed by atoms with van der Waals surface area (Å²) in [6.07, 6.45) is 3.78. The number of nitrogens with one attached hydrogen (secondary N) is 1. The first-order chi connectivity index (χ1) is 15.6. The number of para-hydroxylation sites is 1. The molecular weight excluding hydrogens is 422 g/mol. The molecule has 0 amide bonds. The van der Waals surface area contributed by atoms with Gasteiger partial charge in [0.1, 0.15) is 0 Å². The Balaban J connectivity index is 1.74. The Morgan fingerprint density at radius 2 is 1.94 bits per heavy atom. The molecule has 5 rings (SSSR count). The summed E-state index contributed by atoms with van der Waals surface area (Å²) in [5.74, 6) is -0.450. The van der Waals surface area contributed by atoms with Crippen molar-refractivity contribution >= 4 is 34.3 Å². The summed E-state index contributed by atoms with van der Waals surface area (Å²) >= 11 is 1.33. The number of fused-ring (bicyclic) bond motifs is 2. The van der Waals surface area contributed by atoms with Gasteiger partial charge in [0, 0.05) is 22.7 Å². The molecule has 2 aromatic carbocycles. The zero-order chi connectivity index (χ0) is 22.2. The van der Waals surface area contributed by atoms with Crippen molar-refractivity contribution in [2.75, 3.05) is 6.61 Å². The van der Waals surface area contributed by atoms with E-state index >= 15 is 0 Å². The van der Waals surface area contributed by atoms with E-state index in [0.717, 1.165) is 22.0 Å². The molecule has 1 aliphatic rings. The second-order valence-electron chi connectivity index (χ2n) is 7.50. The first kappa shape index (κ1) is 20.2. The smallest absolute Gasteiger partial charge is 0.338 e. The maximum absolute atomic E-state index is 13.6. The number of aromatic nitrogens is 2. The number of thiazole rings is 1. The van der Waals surface area contributed by atoms with Crippen LogP contribution in [0.4, 0.5) is 0 Å². The van der Waals surface area contributed by atoms with Crippen LogP contribution in [0, 0.1) is 0 Å². The van der Waals surface area contributed by atoms with Crippen molar-refractivity contribution < 1.29 is 9.53 Å². The number of aromatic amines is 1. The second-order valence-corrected chi connectivity index (χ2v) is 8.51. The van der Waals surface area contributed by atoms with Gasteiger partial charge in [-0.25, -0.2) is 9.79 Å². The molecule has 1 aliphatic heterocycles. The number of benzene rings is 2. The molecule has 2 aromatic heterocycles. The molecule has 0 saturated heterocycles. The number of hydrogen-bond acceptors (Lipinski definition) is 5. The highest BCUT2D eigenvalue weighted by atomic mass is 32.1. The minimum Gasteiger partial charge on any atom is -0.463 e. The van der Waals surface area contributed by atoms with Crippen molar-refractivity contribution in [3.8, 4) is 0 Å². The first-order valence-corrected chi connectivity index (χ1v) is 11.2. The molecule has 0 spiro atoms. The van der Waals surface area contributed by atoms with E-state index in [4.69, 9.17) is 4.74 Å². The number of rotatable bonds is 4. The van der Waals surface area contributed by atoms with Crippen molar-refractivity contribution in [3.05, 3.63) is 103 Å². The Morgan fingerprint density at radius 3 is 2.72 bits per heavy atom. The zero-order valence-electron chi connectivity index (χ0n) is 17.7. The van der Waals surface area contributed by atoms with Gasteiger partial charge in [-0.1, -0.05) is 59.9 Å². The number of carbonyl (C=O) groups excluding carboxylic acids is 1. The summed E-state index contributed by atoms with van der Waals surface area (Å²) in [6, 6.07) is 16.9. The summed E-state index contributed by atoms with van der Waals surface area (Å²) in [5.41, 5.74) is 3.56. The topological polar surface area (TPSA) is 76.4 Å². The van der Waals surface area contributed by atoms with Gasteiger partial charge in [-0.2, -0.15) is 0 Å². The molecule has 0 fully saturated rings. The zero-order valence-corrected chi connectivity index (χ0v) is 18.5. The van der Waals surface area contributed by atoms with E-state index in [-0.39, 0.29) is 12.2 Å². The molecule has 1 N–H and O–H groups in total. The van der Waals surface area contributed by atoms with E-state index in [9.17, 15) is 9.59 Å². The Labute approximate surface area is 187 Å². The Kier molecular flexibility index (Phi) is 5.11. The highest BCUT2D eigenvalue weighted by Gasteiger charge is 2.33. The number of H-pyrrole nitrogens is 1. The largest absolute Gasteiger partial charge is 0.463 e. The van der Waals surface area contributed by atoms with Crippen LogP contribution in [0.25, 0.3) is 17.0 Å². The molecule has 4 aromatic rings. The van der Waals surface area contributed by atoms with Crippen molar-refractivity contribution in [3.63, 3.8) is 0 Å². The summed E-state index contributed by atoms with van der Waals surface area (Å²) in [7, 11) is 0. The molecule has 1 unspecified atom stereocenters. The SMILES string of the molecule is CCOC(=O)C1=C(C)N=c2s/c(=C/c3c[nH]c4ccccc34)c(=O)n2C1c1ccccc1. The van der Waals surface area contributed by atoms with Crippen LogP contribution in [-0.2, 0) is 9.53 Å². The van der Waals surface area contributed by atoms with Crippen LogP contribution in [-0.4, -0.2) is 22.1 Å². The molecule has 0 bridgehead atoms. The lowest BCUT2D eigenvalue weighted by Crippen LogP contribution is -2.39. The minimum absolute atomic E-state index is 0.179. The second kappa shape index (κ2) is 8.09. The van der Waals surface area contributed by atoms with Gasteiger partial charge >= 0.3 is 5.97 Å². The third kappa shape index (κ3) is 3.31. The Hall–Kier alpha value is -3.71. The molecule has 3 heterocycles. The lowest BCUT2D eigenvalue weighted by atomic mass is 9.96. The predicted octanol–water partition coefficient (Wildman–Crippen LogP) is 3.28. The van der Waals surface area contributed by atoms with Gasteiger partial charge in [0.05, 0.1) is 28.5 Å². The standard InChI is InChI=1S/C25H21N3O3S/c1-3-31-24(30)21-15(2)27-25-28(22(21)16-9-5-4-6-10-16)23(29)20(32-25)13-17-14-26-19-12-8-7-11-18(17)19/h4-14,22,26H,3H2,1-2H3/b20-13+. The third-order valence-electron chi connectivity index (χ3n) is 5.54. The normalized spacial score (nSPS) is 16.2. The van der Waals surface area contributed by atoms with Crippen LogP contribution in [0.3, 0.4) is 0 Å². The van der Waals surface area contributed by atoms with Gasteiger partial charge < -0.3 is 9.72 Å². The van der Waals surface area contributed by atoms with Gasteiger partial charge in [0.25, 0.3) is 5.56 Å². The van der Waals surface area contributed by atoms with Crippen LogP contribution in [0.2, 0.25) is 0 Å². The molecule has 1 atom stereocenters. The monoisotopic (exact) mass is 443 g/mol. The van der Waals surface area contributed by atoms with Crippen molar-refractivity contribution in [2.24, 2.45) is 4.99 Å². The minimum atomic E-state index is -0.586. The fraction of sp³-hybridized carbons (Fsp3) is 0.160. The van der Waals surface area contributed by atoms with Crippen molar-refractivity contribution in [1.82, 2.24) is 9.55 Å². The number of hydrogen-bond donors (Lipinski definition) is 1. The first-order valence-electron chi connectivity index (χ1n) is 10.4. The van der Waals surface area contributed by atoms with E-state index < -0.39 is 12.0 Å². The molecule has 0 saturated carbocycles. The predicted molar refractivity (Wildman–Crippen MR) is 125 cm³/mol. The average molecular weight is 444 g/mol. The summed E-state index contributed by atoms with van der Waals surface area (Å²) < 4.78 is 7.49. The van der Waals surface area contributed by atoms with Crippen molar-refractivity contribution in [2.45, 2.75) is 19.9 Å². The fourth-order valence-electron chi connectivity index (χ4n) is 4.10. The quantitative estimate of drug-likeness (QED) is 0.492. The van der Waals surface area contributed by atoms with Crippen LogP contribution in [0.5, 0.6) is 0 Å². The number of esters is 1. The fourth-order valence-corrected chi connectivity index (χ4v) is 5.13. The number of allylic oxidation sites excluding steroid dienone is 1. The molecule has 0 radical (unpaired) electrons. The van der Waals surface area contributed by atoms with Gasteiger partial charge in [-0.15, -0.1) is 0 Å². The van der Waals surface area contributed by atoms with E-state index in [2.05, 4.69) is 9.98 Å². The van der Waals surface area contributed by atoms with E-state index in [0.29, 0.717) is 20.6 Å². The average Bonchev–Trinajstić information content (AvgIpc) is 3.34. The molecule has 7 heteroatoms. The molecule has 6 nitrogen and oxygen atoms in total. The third-order valence-corrected chi connectivity index (χ3v) is 6.52. The van der Waals surface area contributed by atoms with Crippen molar-refractivity contribution in [1.29, 1.82) is 0 Å². The van der Waals surface area contributed by atoms with Crippen LogP contribution in [0.1, 0.15) is 31.0 Å².